The summed E-state index contributed by atoms with van der Waals surface area (Å²) in [7, 11) is 1.68. The summed E-state index contributed by atoms with van der Waals surface area (Å²) in [6, 6.07) is 6.14. The zero-order chi connectivity index (χ0) is 20.9. The standard InChI is InChI=1S/C22H32O6/c1-21(2,3)17-9-15(16(11-19(23)24)12-20(25)26)10-18(13-17)22(14-27-4)5-7-28-8-6-22/h9-10,13,16H,5-8,11-12,14H2,1-4H3,(H,23,24)(H,25,26). The SMILES string of the molecule is COCC1(c2cc(C(CC(=O)O)CC(=O)O)cc(C(C)(C)C)c2)CCOCC1. The molecule has 0 spiro atoms. The van der Waals surface area contributed by atoms with E-state index in [1.54, 1.807) is 7.11 Å². The first-order chi connectivity index (χ1) is 13.1. The van der Waals surface area contributed by atoms with E-state index in [2.05, 4.69) is 26.8 Å². The van der Waals surface area contributed by atoms with E-state index in [1.165, 1.54) is 0 Å². The van der Waals surface area contributed by atoms with Crippen molar-refractivity contribution in [1.82, 2.24) is 0 Å². The maximum absolute atomic E-state index is 11.4. The Kier molecular flexibility index (Phi) is 7.23. The number of aliphatic carboxylic acids is 2. The average molecular weight is 392 g/mol. The topological polar surface area (TPSA) is 93.1 Å². The summed E-state index contributed by atoms with van der Waals surface area (Å²) in [5.41, 5.74) is 2.57. The Labute approximate surface area is 166 Å². The number of carboxylic acid groups (broad SMARTS) is 2. The van der Waals surface area contributed by atoms with Crippen LogP contribution in [0.2, 0.25) is 0 Å². The van der Waals surface area contributed by atoms with Gasteiger partial charge in [-0.3, -0.25) is 9.59 Å². The first-order valence-corrected chi connectivity index (χ1v) is 9.73. The lowest BCUT2D eigenvalue weighted by Crippen LogP contribution is -2.38. The molecule has 0 aromatic heterocycles. The van der Waals surface area contributed by atoms with Gasteiger partial charge in [-0.2, -0.15) is 0 Å². The Morgan fingerprint density at radius 1 is 1.11 bits per heavy atom. The molecule has 1 aliphatic heterocycles. The lowest BCUT2D eigenvalue weighted by molar-refractivity contribution is -0.139. The third-order valence-corrected chi connectivity index (χ3v) is 5.62. The normalized spacial score (nSPS) is 16.9. The van der Waals surface area contributed by atoms with Crippen LogP contribution < -0.4 is 0 Å². The first kappa shape index (κ1) is 22.4. The summed E-state index contributed by atoms with van der Waals surface area (Å²) in [4.78, 5) is 22.7. The predicted molar refractivity (Wildman–Crippen MR) is 106 cm³/mol. The fourth-order valence-corrected chi connectivity index (χ4v) is 3.91. The van der Waals surface area contributed by atoms with E-state index in [1.807, 2.05) is 12.1 Å². The van der Waals surface area contributed by atoms with Crippen molar-refractivity contribution in [3.63, 3.8) is 0 Å². The number of hydrogen-bond acceptors (Lipinski definition) is 4. The summed E-state index contributed by atoms with van der Waals surface area (Å²) in [5.74, 6) is -2.56. The molecule has 1 saturated heterocycles. The van der Waals surface area contributed by atoms with Gasteiger partial charge in [0.1, 0.15) is 0 Å². The maximum Gasteiger partial charge on any atom is 0.303 e. The minimum atomic E-state index is -0.994. The summed E-state index contributed by atoms with van der Waals surface area (Å²) >= 11 is 0. The highest BCUT2D eigenvalue weighted by Gasteiger charge is 2.36. The second-order valence-electron chi connectivity index (χ2n) is 8.81. The minimum Gasteiger partial charge on any atom is -0.481 e. The van der Waals surface area contributed by atoms with Crippen LogP contribution in [0.3, 0.4) is 0 Å². The molecule has 0 atom stereocenters. The molecule has 1 heterocycles. The minimum absolute atomic E-state index is 0.152. The molecule has 0 unspecified atom stereocenters. The van der Waals surface area contributed by atoms with Crippen molar-refractivity contribution >= 4 is 11.9 Å². The van der Waals surface area contributed by atoms with Crippen LogP contribution in [0.15, 0.2) is 18.2 Å². The molecule has 0 saturated carbocycles. The molecule has 0 amide bonds. The molecule has 1 aliphatic rings. The van der Waals surface area contributed by atoms with Crippen LogP contribution in [0.5, 0.6) is 0 Å². The van der Waals surface area contributed by atoms with E-state index in [0.717, 1.165) is 29.5 Å². The van der Waals surface area contributed by atoms with Gasteiger partial charge in [0.25, 0.3) is 0 Å². The lowest BCUT2D eigenvalue weighted by atomic mass is 9.71. The highest BCUT2D eigenvalue weighted by molar-refractivity contribution is 5.72. The molecule has 156 valence electrons. The van der Waals surface area contributed by atoms with Gasteiger partial charge in [-0.1, -0.05) is 39.0 Å². The van der Waals surface area contributed by atoms with Crippen LogP contribution in [0.4, 0.5) is 0 Å². The Bertz CT molecular complexity index is 676. The Balaban J connectivity index is 2.60. The molecule has 0 aliphatic carbocycles. The van der Waals surface area contributed by atoms with Gasteiger partial charge in [-0.05, 0) is 34.9 Å². The van der Waals surface area contributed by atoms with Gasteiger partial charge in [-0.15, -0.1) is 0 Å². The van der Waals surface area contributed by atoms with Crippen molar-refractivity contribution in [2.24, 2.45) is 0 Å². The van der Waals surface area contributed by atoms with E-state index in [-0.39, 0.29) is 23.7 Å². The number of hydrogen-bond donors (Lipinski definition) is 2. The molecule has 1 aromatic rings. The monoisotopic (exact) mass is 392 g/mol. The third-order valence-electron chi connectivity index (χ3n) is 5.62. The number of ether oxygens (including phenoxy) is 2. The molecule has 6 heteroatoms. The van der Waals surface area contributed by atoms with Crippen molar-refractivity contribution < 1.29 is 29.3 Å². The summed E-state index contributed by atoms with van der Waals surface area (Å²) in [5, 5.41) is 18.6. The van der Waals surface area contributed by atoms with Crippen LogP contribution in [0.1, 0.15) is 69.1 Å². The fraction of sp³-hybridized carbons (Fsp3) is 0.636. The zero-order valence-corrected chi connectivity index (χ0v) is 17.3. The van der Waals surface area contributed by atoms with Crippen molar-refractivity contribution in [3.05, 3.63) is 34.9 Å². The van der Waals surface area contributed by atoms with E-state index < -0.39 is 17.9 Å². The Morgan fingerprint density at radius 3 is 2.14 bits per heavy atom. The fourth-order valence-electron chi connectivity index (χ4n) is 3.91. The highest BCUT2D eigenvalue weighted by Crippen LogP contribution is 2.40. The number of rotatable bonds is 8. The van der Waals surface area contributed by atoms with Gasteiger partial charge in [-0.25, -0.2) is 0 Å². The third kappa shape index (κ3) is 5.55. The van der Waals surface area contributed by atoms with Crippen LogP contribution in [-0.2, 0) is 29.9 Å². The highest BCUT2D eigenvalue weighted by atomic mass is 16.5. The summed E-state index contributed by atoms with van der Waals surface area (Å²) < 4.78 is 11.1. The van der Waals surface area contributed by atoms with Gasteiger partial charge >= 0.3 is 11.9 Å². The van der Waals surface area contributed by atoms with Gasteiger partial charge in [0.05, 0.1) is 19.4 Å². The molecule has 6 nitrogen and oxygen atoms in total. The molecule has 1 aromatic carbocycles. The van der Waals surface area contributed by atoms with E-state index in [9.17, 15) is 19.8 Å². The van der Waals surface area contributed by atoms with Crippen molar-refractivity contribution in [2.75, 3.05) is 26.9 Å². The molecule has 2 N–H and O–H groups in total. The van der Waals surface area contributed by atoms with Gasteiger partial charge in [0.2, 0.25) is 0 Å². The van der Waals surface area contributed by atoms with Gasteiger partial charge in [0, 0.05) is 31.7 Å². The summed E-state index contributed by atoms with van der Waals surface area (Å²) in [6.07, 6.45) is 1.21. The Hall–Kier alpha value is -1.92. The van der Waals surface area contributed by atoms with Crippen LogP contribution in [0.25, 0.3) is 0 Å². The van der Waals surface area contributed by atoms with Crippen LogP contribution in [0, 0.1) is 0 Å². The van der Waals surface area contributed by atoms with Crippen molar-refractivity contribution in [3.8, 4) is 0 Å². The average Bonchev–Trinajstić information content (AvgIpc) is 2.60. The maximum atomic E-state index is 11.4. The quantitative estimate of drug-likeness (QED) is 0.700. The second kappa shape index (κ2) is 9.05. The van der Waals surface area contributed by atoms with Gasteiger partial charge < -0.3 is 19.7 Å². The molecule has 0 radical (unpaired) electrons. The number of carboxylic acids is 2. The molecular formula is C22H32O6. The smallest absolute Gasteiger partial charge is 0.303 e. The molecular weight excluding hydrogens is 360 g/mol. The summed E-state index contributed by atoms with van der Waals surface area (Å²) in [6.45, 7) is 8.15. The van der Waals surface area contributed by atoms with Crippen molar-refractivity contribution in [2.45, 2.75) is 63.2 Å². The molecule has 28 heavy (non-hydrogen) atoms. The second-order valence-corrected chi connectivity index (χ2v) is 8.81. The molecule has 0 bridgehead atoms. The van der Waals surface area contributed by atoms with E-state index in [0.29, 0.717) is 19.8 Å². The Morgan fingerprint density at radius 2 is 1.68 bits per heavy atom. The van der Waals surface area contributed by atoms with Crippen LogP contribution in [-0.4, -0.2) is 49.1 Å². The largest absolute Gasteiger partial charge is 0.481 e. The van der Waals surface area contributed by atoms with E-state index in [4.69, 9.17) is 9.47 Å². The molecule has 1 fully saturated rings. The first-order valence-electron chi connectivity index (χ1n) is 9.73. The van der Waals surface area contributed by atoms with Gasteiger partial charge in [0.15, 0.2) is 0 Å². The predicted octanol–water partition coefficient (Wildman–Crippen LogP) is 3.71. The van der Waals surface area contributed by atoms with Crippen LogP contribution >= 0.6 is 0 Å². The van der Waals surface area contributed by atoms with Crippen molar-refractivity contribution in [1.29, 1.82) is 0 Å². The number of methoxy groups -OCH3 is 1. The number of benzene rings is 1. The lowest BCUT2D eigenvalue weighted by Gasteiger charge is -2.38. The molecule has 2 rings (SSSR count). The number of carbonyl (C=O) groups is 2. The zero-order valence-electron chi connectivity index (χ0n) is 17.3. The van der Waals surface area contributed by atoms with E-state index >= 15 is 0 Å².